The van der Waals surface area contributed by atoms with E-state index in [1.807, 2.05) is 0 Å². The highest BCUT2D eigenvalue weighted by molar-refractivity contribution is 7.89. The Kier molecular flexibility index (Phi) is 2.67. The summed E-state index contributed by atoms with van der Waals surface area (Å²) in [6.07, 6.45) is 0. The summed E-state index contributed by atoms with van der Waals surface area (Å²) >= 11 is 0. The van der Waals surface area contributed by atoms with Gasteiger partial charge in [-0.3, -0.25) is 5.41 Å². The molecule has 98 valence electrons. The fourth-order valence-corrected chi connectivity index (χ4v) is 2.51. The normalized spacial score (nSPS) is 25.7. The molecule has 0 radical (unpaired) electrons. The predicted molar refractivity (Wildman–Crippen MR) is 60.9 cm³/mol. The van der Waals surface area contributed by atoms with Crippen molar-refractivity contribution in [2.75, 3.05) is 0 Å². The molecule has 0 aromatic heterocycles. The Labute approximate surface area is 102 Å². The van der Waals surface area contributed by atoms with Crippen molar-refractivity contribution >= 4 is 15.9 Å². The van der Waals surface area contributed by atoms with E-state index in [0.29, 0.717) is 0 Å². The van der Waals surface area contributed by atoms with E-state index in [2.05, 4.69) is 0 Å². The molecule has 0 amide bonds. The number of hydrogen-bond acceptors (Lipinski definition) is 3. The Balaban J connectivity index is 2.30. The molecular weight excluding hydrogens is 264 g/mol. The van der Waals surface area contributed by atoms with Crippen molar-refractivity contribution in [2.24, 2.45) is 16.8 Å². The highest BCUT2D eigenvalue weighted by atomic mass is 32.2. The summed E-state index contributed by atoms with van der Waals surface area (Å²) in [4.78, 5) is -0.144. The molecule has 2 rings (SSSR count). The SMILES string of the molecule is N=C(N)[C@H]1[C@H](c2ccc(S(N)(=O)=O)cc2)C1(F)F. The zero-order chi connectivity index (χ0) is 13.7. The number of nitrogens with two attached hydrogens (primary N) is 2. The minimum Gasteiger partial charge on any atom is -0.387 e. The number of primary sulfonamides is 1. The molecule has 2 atom stereocenters. The standard InChI is InChI=1S/C10H11F2N3O2S/c11-10(12)7(8(10)9(13)14)5-1-3-6(4-2-5)18(15,16)17/h1-4,7-8H,(H3,13,14)(H2,15,16,17)/t7-,8+/m0/s1. The first-order valence-electron chi connectivity index (χ1n) is 5.00. The van der Waals surface area contributed by atoms with Gasteiger partial charge in [0.25, 0.3) is 5.92 Å². The number of alkyl halides is 2. The van der Waals surface area contributed by atoms with Crippen molar-refractivity contribution in [2.45, 2.75) is 16.7 Å². The summed E-state index contributed by atoms with van der Waals surface area (Å²) in [5.41, 5.74) is 5.33. The lowest BCUT2D eigenvalue weighted by atomic mass is 10.1. The molecule has 0 aliphatic heterocycles. The van der Waals surface area contributed by atoms with Crippen LogP contribution in [0.15, 0.2) is 29.2 Å². The third-order valence-corrected chi connectivity index (χ3v) is 3.89. The maximum absolute atomic E-state index is 13.4. The average Bonchev–Trinajstić information content (AvgIpc) is 2.80. The third kappa shape index (κ3) is 1.97. The second kappa shape index (κ2) is 3.72. The topological polar surface area (TPSA) is 110 Å². The van der Waals surface area contributed by atoms with Gasteiger partial charge < -0.3 is 5.73 Å². The van der Waals surface area contributed by atoms with Crippen molar-refractivity contribution in [3.05, 3.63) is 29.8 Å². The number of sulfonamides is 1. The van der Waals surface area contributed by atoms with Crippen LogP contribution in [0.3, 0.4) is 0 Å². The van der Waals surface area contributed by atoms with Gasteiger partial charge in [0.1, 0.15) is 5.84 Å². The van der Waals surface area contributed by atoms with Gasteiger partial charge >= 0.3 is 0 Å². The second-order valence-corrected chi connectivity index (χ2v) is 5.76. The highest BCUT2D eigenvalue weighted by Gasteiger charge is 2.70. The lowest BCUT2D eigenvalue weighted by Gasteiger charge is -2.01. The largest absolute Gasteiger partial charge is 0.387 e. The number of hydrogen-bond donors (Lipinski definition) is 3. The molecule has 18 heavy (non-hydrogen) atoms. The Morgan fingerprint density at radius 3 is 2.11 bits per heavy atom. The fraction of sp³-hybridized carbons (Fsp3) is 0.300. The first kappa shape index (κ1) is 12.9. The lowest BCUT2D eigenvalue weighted by molar-refractivity contribution is 0.103. The lowest BCUT2D eigenvalue weighted by Crippen LogP contribution is -2.16. The van der Waals surface area contributed by atoms with E-state index in [1.165, 1.54) is 12.1 Å². The summed E-state index contributed by atoms with van der Waals surface area (Å²) < 4.78 is 48.7. The van der Waals surface area contributed by atoms with E-state index in [0.717, 1.165) is 12.1 Å². The number of benzene rings is 1. The molecule has 1 saturated carbocycles. The summed E-state index contributed by atoms with van der Waals surface area (Å²) in [6.45, 7) is 0. The summed E-state index contributed by atoms with van der Waals surface area (Å²) in [5, 5.41) is 12.0. The molecule has 0 saturated heterocycles. The molecule has 8 heteroatoms. The van der Waals surface area contributed by atoms with E-state index in [4.69, 9.17) is 16.3 Å². The van der Waals surface area contributed by atoms with E-state index in [-0.39, 0.29) is 10.5 Å². The molecule has 1 aliphatic rings. The number of rotatable bonds is 3. The predicted octanol–water partition coefficient (Wildman–Crippen LogP) is 0.619. The molecular formula is C10H11F2N3O2S. The van der Waals surface area contributed by atoms with Gasteiger partial charge in [-0.15, -0.1) is 0 Å². The zero-order valence-corrected chi connectivity index (χ0v) is 9.92. The van der Waals surface area contributed by atoms with Gasteiger partial charge in [0.15, 0.2) is 0 Å². The van der Waals surface area contributed by atoms with Gasteiger partial charge in [0.05, 0.1) is 16.7 Å². The van der Waals surface area contributed by atoms with Gasteiger partial charge in [-0.05, 0) is 17.7 Å². The summed E-state index contributed by atoms with van der Waals surface area (Å²) in [7, 11) is -3.84. The second-order valence-electron chi connectivity index (χ2n) is 4.20. The van der Waals surface area contributed by atoms with Crippen molar-refractivity contribution in [1.29, 1.82) is 5.41 Å². The summed E-state index contributed by atoms with van der Waals surface area (Å²) in [5.74, 6) is -6.09. The van der Waals surface area contributed by atoms with E-state index < -0.39 is 33.6 Å². The van der Waals surface area contributed by atoms with E-state index in [9.17, 15) is 17.2 Å². The van der Waals surface area contributed by atoms with Gasteiger partial charge in [-0.2, -0.15) is 0 Å². The van der Waals surface area contributed by atoms with Gasteiger partial charge in [-0.25, -0.2) is 22.3 Å². The first-order chi connectivity index (χ1) is 8.15. The Morgan fingerprint density at radius 1 is 1.28 bits per heavy atom. The molecule has 5 nitrogen and oxygen atoms in total. The fourth-order valence-electron chi connectivity index (χ4n) is 1.99. The maximum Gasteiger partial charge on any atom is 0.266 e. The molecule has 1 fully saturated rings. The minimum absolute atomic E-state index is 0.144. The monoisotopic (exact) mass is 275 g/mol. The molecule has 1 aromatic rings. The Bertz CT molecular complexity index is 598. The van der Waals surface area contributed by atoms with E-state index in [1.54, 1.807) is 0 Å². The molecule has 0 unspecified atom stereocenters. The molecule has 0 heterocycles. The zero-order valence-electron chi connectivity index (χ0n) is 9.10. The van der Waals surface area contributed by atoms with Gasteiger partial charge in [-0.1, -0.05) is 12.1 Å². The summed E-state index contributed by atoms with van der Waals surface area (Å²) in [6, 6.07) is 4.86. The quantitative estimate of drug-likeness (QED) is 0.555. The van der Waals surface area contributed by atoms with Crippen molar-refractivity contribution in [3.8, 4) is 0 Å². The van der Waals surface area contributed by atoms with Gasteiger partial charge in [0, 0.05) is 0 Å². The molecule has 1 aliphatic carbocycles. The van der Waals surface area contributed by atoms with Crippen LogP contribution in [0.4, 0.5) is 8.78 Å². The Morgan fingerprint density at radius 2 is 1.78 bits per heavy atom. The number of amidine groups is 1. The smallest absolute Gasteiger partial charge is 0.266 e. The van der Waals surface area contributed by atoms with E-state index >= 15 is 0 Å². The van der Waals surface area contributed by atoms with Crippen LogP contribution in [0.5, 0.6) is 0 Å². The number of halogens is 2. The first-order valence-corrected chi connectivity index (χ1v) is 6.55. The van der Waals surface area contributed by atoms with Crippen LogP contribution in [0, 0.1) is 11.3 Å². The van der Waals surface area contributed by atoms with Crippen LogP contribution in [0.1, 0.15) is 11.5 Å². The van der Waals surface area contributed by atoms with Crippen molar-refractivity contribution in [1.82, 2.24) is 0 Å². The van der Waals surface area contributed by atoms with Crippen LogP contribution < -0.4 is 10.9 Å². The number of nitrogens with one attached hydrogen (secondary N) is 1. The Hall–Kier alpha value is -1.54. The average molecular weight is 275 g/mol. The van der Waals surface area contributed by atoms with Crippen molar-refractivity contribution in [3.63, 3.8) is 0 Å². The maximum atomic E-state index is 13.4. The minimum atomic E-state index is -3.84. The highest BCUT2D eigenvalue weighted by Crippen LogP contribution is 2.61. The van der Waals surface area contributed by atoms with Crippen molar-refractivity contribution < 1.29 is 17.2 Å². The van der Waals surface area contributed by atoms with Gasteiger partial charge in [0.2, 0.25) is 10.0 Å². The molecule has 0 spiro atoms. The van der Waals surface area contributed by atoms with Crippen LogP contribution >= 0.6 is 0 Å². The van der Waals surface area contributed by atoms with Crippen LogP contribution in [-0.4, -0.2) is 20.2 Å². The van der Waals surface area contributed by atoms with Crippen LogP contribution in [0.2, 0.25) is 0 Å². The molecule has 0 bridgehead atoms. The molecule has 5 N–H and O–H groups in total. The van der Waals surface area contributed by atoms with Crippen LogP contribution in [0.25, 0.3) is 0 Å². The molecule has 1 aromatic carbocycles. The third-order valence-electron chi connectivity index (χ3n) is 2.96. The van der Waals surface area contributed by atoms with Crippen LogP contribution in [-0.2, 0) is 10.0 Å².